The molecule has 0 spiro atoms. The first kappa shape index (κ1) is 15.9. The molecule has 1 aliphatic carbocycles. The fourth-order valence-corrected chi connectivity index (χ4v) is 4.16. The Hall–Kier alpha value is -2.57. The lowest BCUT2D eigenvalue weighted by Gasteiger charge is -2.13. The maximum atomic E-state index is 13.0. The van der Waals surface area contributed by atoms with Crippen molar-refractivity contribution in [1.82, 2.24) is 23.1 Å². The van der Waals surface area contributed by atoms with Crippen molar-refractivity contribution in [3.05, 3.63) is 44.9 Å². The molecule has 1 saturated carbocycles. The first-order chi connectivity index (χ1) is 12.0. The van der Waals surface area contributed by atoms with Gasteiger partial charge in [0, 0.05) is 31.0 Å². The smallest absolute Gasteiger partial charge is 0.311 e. The molecule has 25 heavy (non-hydrogen) atoms. The predicted octanol–water partition coefficient (Wildman–Crippen LogP) is 2.07. The van der Waals surface area contributed by atoms with Crippen LogP contribution in [0.1, 0.15) is 43.1 Å². The molecule has 3 heterocycles. The maximum Gasteiger partial charge on any atom is 0.332 e. The van der Waals surface area contributed by atoms with Crippen LogP contribution in [0.4, 0.5) is 0 Å². The third-order valence-corrected chi connectivity index (χ3v) is 5.56. The molecule has 0 radical (unpaired) electrons. The van der Waals surface area contributed by atoms with Crippen LogP contribution in [0.25, 0.3) is 16.9 Å². The van der Waals surface area contributed by atoms with Gasteiger partial charge in [-0.2, -0.15) is 4.98 Å². The molecule has 1 aliphatic rings. The third kappa shape index (κ3) is 2.01. The summed E-state index contributed by atoms with van der Waals surface area (Å²) in [4.78, 5) is 30.2. The molecule has 0 unspecified atom stereocenters. The maximum absolute atomic E-state index is 13.0. The van der Waals surface area contributed by atoms with Gasteiger partial charge in [0.25, 0.3) is 5.56 Å². The average molecular weight is 341 g/mol. The van der Waals surface area contributed by atoms with E-state index in [-0.39, 0.29) is 17.8 Å². The Morgan fingerprint density at radius 3 is 2.52 bits per heavy atom. The molecule has 132 valence electrons. The molecule has 0 atom stereocenters. The normalized spacial score (nSPS) is 15.6. The molecule has 3 aromatic rings. The summed E-state index contributed by atoms with van der Waals surface area (Å²) in [6, 6.07) is 0.417. The minimum atomic E-state index is -0.361. The monoisotopic (exact) mass is 341 g/mol. The van der Waals surface area contributed by atoms with E-state index in [2.05, 4.69) is 18.1 Å². The Balaban J connectivity index is 2.18. The van der Waals surface area contributed by atoms with Crippen molar-refractivity contribution in [3.63, 3.8) is 0 Å². The number of aryl methyl sites for hydroxylation is 2. The van der Waals surface area contributed by atoms with Gasteiger partial charge in [-0.05, 0) is 26.7 Å². The molecule has 3 aromatic heterocycles. The van der Waals surface area contributed by atoms with Crippen molar-refractivity contribution in [1.29, 1.82) is 0 Å². The standard InChI is InChI=1S/C18H23N5O2/c1-5-10-21-16(24)14-15(20(4)18(21)25)19-17-22(13-8-6-7-9-13)11(2)12(3)23(14)17/h5,13H,1,6-10H2,2-4H3. The van der Waals surface area contributed by atoms with Crippen LogP contribution in [0, 0.1) is 13.8 Å². The van der Waals surface area contributed by atoms with Crippen LogP contribution < -0.4 is 11.2 Å². The van der Waals surface area contributed by atoms with Gasteiger partial charge < -0.3 is 4.57 Å². The summed E-state index contributed by atoms with van der Waals surface area (Å²) < 4.78 is 6.85. The summed E-state index contributed by atoms with van der Waals surface area (Å²) in [7, 11) is 1.66. The Kier molecular flexibility index (Phi) is 3.49. The van der Waals surface area contributed by atoms with E-state index in [1.807, 2.05) is 11.3 Å². The number of aromatic nitrogens is 5. The quantitative estimate of drug-likeness (QED) is 0.685. The van der Waals surface area contributed by atoms with Crippen LogP contribution in [-0.2, 0) is 13.6 Å². The minimum Gasteiger partial charge on any atom is -0.311 e. The molecule has 7 nitrogen and oxygen atoms in total. The topological polar surface area (TPSA) is 66.2 Å². The van der Waals surface area contributed by atoms with Crippen LogP contribution in [0.3, 0.4) is 0 Å². The predicted molar refractivity (Wildman–Crippen MR) is 97.4 cm³/mol. The molecule has 4 rings (SSSR count). The molecular formula is C18H23N5O2. The Morgan fingerprint density at radius 1 is 1.20 bits per heavy atom. The second-order valence-corrected chi connectivity index (χ2v) is 6.94. The molecule has 7 heteroatoms. The lowest BCUT2D eigenvalue weighted by atomic mass is 10.2. The molecule has 1 fully saturated rings. The van der Waals surface area contributed by atoms with Crippen molar-refractivity contribution in [2.75, 3.05) is 0 Å². The lowest BCUT2D eigenvalue weighted by Crippen LogP contribution is -2.39. The van der Waals surface area contributed by atoms with Gasteiger partial charge in [0.1, 0.15) is 0 Å². The van der Waals surface area contributed by atoms with Gasteiger partial charge >= 0.3 is 5.69 Å². The number of nitrogens with zero attached hydrogens (tertiary/aromatic N) is 5. The van der Waals surface area contributed by atoms with Gasteiger partial charge in [-0.15, -0.1) is 6.58 Å². The van der Waals surface area contributed by atoms with Crippen molar-refractivity contribution in [2.24, 2.45) is 7.05 Å². The third-order valence-electron chi connectivity index (χ3n) is 5.56. The molecule has 0 bridgehead atoms. The number of hydrogen-bond donors (Lipinski definition) is 0. The Bertz CT molecular complexity index is 1120. The molecule has 0 N–H and O–H groups in total. The highest BCUT2D eigenvalue weighted by atomic mass is 16.2. The summed E-state index contributed by atoms with van der Waals surface area (Å²) >= 11 is 0. The highest BCUT2D eigenvalue weighted by Crippen LogP contribution is 2.34. The minimum absolute atomic E-state index is 0.191. The highest BCUT2D eigenvalue weighted by molar-refractivity contribution is 5.76. The van der Waals surface area contributed by atoms with E-state index >= 15 is 0 Å². The van der Waals surface area contributed by atoms with Gasteiger partial charge in [0.15, 0.2) is 11.2 Å². The van der Waals surface area contributed by atoms with Gasteiger partial charge in [-0.3, -0.25) is 18.3 Å². The number of imidazole rings is 2. The van der Waals surface area contributed by atoms with Crippen molar-refractivity contribution in [3.8, 4) is 0 Å². The van der Waals surface area contributed by atoms with Crippen molar-refractivity contribution < 1.29 is 0 Å². The van der Waals surface area contributed by atoms with Gasteiger partial charge in [-0.25, -0.2) is 4.79 Å². The SMILES string of the molecule is C=CCn1c(=O)c2c(nc3n(C4CCCC4)c(C)c(C)n23)n(C)c1=O. The fraction of sp³-hybridized carbons (Fsp3) is 0.500. The summed E-state index contributed by atoms with van der Waals surface area (Å²) in [5, 5.41) is 0. The molecule has 0 aliphatic heterocycles. The Labute approximate surface area is 144 Å². The van der Waals surface area contributed by atoms with Crippen molar-refractivity contribution >= 4 is 16.9 Å². The zero-order valence-corrected chi connectivity index (χ0v) is 14.9. The second kappa shape index (κ2) is 5.47. The molecule has 0 amide bonds. The zero-order valence-electron chi connectivity index (χ0n) is 14.9. The Morgan fingerprint density at radius 2 is 1.88 bits per heavy atom. The van der Waals surface area contributed by atoms with Crippen LogP contribution in [0.5, 0.6) is 0 Å². The number of allylic oxidation sites excluding steroid dienone is 1. The van der Waals surface area contributed by atoms with Gasteiger partial charge in [-0.1, -0.05) is 18.9 Å². The van der Waals surface area contributed by atoms with Crippen molar-refractivity contribution in [2.45, 2.75) is 52.1 Å². The first-order valence-electron chi connectivity index (χ1n) is 8.77. The average Bonchev–Trinajstić information content (AvgIpc) is 3.28. The lowest BCUT2D eigenvalue weighted by molar-refractivity contribution is 0.520. The van der Waals surface area contributed by atoms with E-state index in [1.165, 1.54) is 22.0 Å². The zero-order chi connectivity index (χ0) is 17.9. The van der Waals surface area contributed by atoms with Crippen LogP contribution in [0.15, 0.2) is 22.2 Å². The van der Waals surface area contributed by atoms with E-state index in [4.69, 9.17) is 4.98 Å². The largest absolute Gasteiger partial charge is 0.332 e. The van der Waals surface area contributed by atoms with E-state index in [9.17, 15) is 9.59 Å². The van der Waals surface area contributed by atoms with Gasteiger partial charge in [0.2, 0.25) is 5.78 Å². The highest BCUT2D eigenvalue weighted by Gasteiger charge is 2.27. The fourth-order valence-electron chi connectivity index (χ4n) is 4.16. The van der Waals surface area contributed by atoms with E-state index < -0.39 is 0 Å². The summed E-state index contributed by atoms with van der Waals surface area (Å²) in [6.07, 6.45) is 6.27. The van der Waals surface area contributed by atoms with Gasteiger partial charge in [0.05, 0.1) is 0 Å². The first-order valence-corrected chi connectivity index (χ1v) is 8.77. The van der Waals surface area contributed by atoms with Crippen LogP contribution >= 0.6 is 0 Å². The molecular weight excluding hydrogens is 318 g/mol. The van der Waals surface area contributed by atoms with Crippen LogP contribution in [0.2, 0.25) is 0 Å². The van der Waals surface area contributed by atoms with E-state index in [0.717, 1.165) is 30.0 Å². The second-order valence-electron chi connectivity index (χ2n) is 6.94. The summed E-state index contributed by atoms with van der Waals surface area (Å²) in [6.45, 7) is 7.94. The molecule has 0 saturated heterocycles. The van der Waals surface area contributed by atoms with Crippen LogP contribution in [-0.4, -0.2) is 23.1 Å². The summed E-state index contributed by atoms with van der Waals surface area (Å²) in [5.74, 6) is 0.764. The van der Waals surface area contributed by atoms with E-state index in [1.54, 1.807) is 13.1 Å². The number of hydrogen-bond acceptors (Lipinski definition) is 3. The van der Waals surface area contributed by atoms with E-state index in [0.29, 0.717) is 17.2 Å². The summed E-state index contributed by atoms with van der Waals surface area (Å²) in [5.41, 5.74) is 2.39. The number of rotatable bonds is 3. The molecule has 0 aromatic carbocycles. The number of fused-ring (bicyclic) bond motifs is 3.